The summed E-state index contributed by atoms with van der Waals surface area (Å²) in [7, 11) is 0. The van der Waals surface area contributed by atoms with Crippen LogP contribution in [0.2, 0.25) is 0 Å². The molecule has 1 fully saturated rings. The number of aliphatic hydroxyl groups is 1. The zero-order valence-electron chi connectivity index (χ0n) is 13.6. The Balaban J connectivity index is 1.71. The quantitative estimate of drug-likeness (QED) is 0.891. The second-order valence-corrected chi connectivity index (χ2v) is 6.59. The molecular weight excluding hydrogens is 274 g/mol. The highest BCUT2D eigenvalue weighted by atomic mass is 16.3. The third-order valence-corrected chi connectivity index (χ3v) is 4.81. The van der Waals surface area contributed by atoms with Crippen molar-refractivity contribution in [1.82, 2.24) is 14.8 Å². The van der Waals surface area contributed by atoms with Crippen LogP contribution >= 0.6 is 0 Å². The molecular formula is C18H27N3O. The fraction of sp³-hybridized carbons (Fsp3) is 0.556. The predicted octanol–water partition coefficient (Wildman–Crippen LogP) is 2.44. The molecule has 120 valence electrons. The summed E-state index contributed by atoms with van der Waals surface area (Å²) in [5.41, 5.74) is 2.58. The summed E-state index contributed by atoms with van der Waals surface area (Å²) in [6.07, 6.45) is 3.00. The van der Waals surface area contributed by atoms with E-state index >= 15 is 0 Å². The molecule has 0 radical (unpaired) electrons. The van der Waals surface area contributed by atoms with E-state index < -0.39 is 0 Å². The van der Waals surface area contributed by atoms with Gasteiger partial charge in [0.05, 0.1) is 0 Å². The Labute approximate surface area is 132 Å². The van der Waals surface area contributed by atoms with Gasteiger partial charge in [-0.2, -0.15) is 0 Å². The van der Waals surface area contributed by atoms with Gasteiger partial charge in [-0.25, -0.2) is 0 Å². The lowest BCUT2D eigenvalue weighted by atomic mass is 10.1. The summed E-state index contributed by atoms with van der Waals surface area (Å²) in [5.74, 6) is 0. The molecule has 4 heteroatoms. The maximum absolute atomic E-state index is 9.35. The molecule has 1 aliphatic heterocycles. The monoisotopic (exact) mass is 301 g/mol. The van der Waals surface area contributed by atoms with Crippen molar-refractivity contribution in [1.29, 1.82) is 0 Å². The summed E-state index contributed by atoms with van der Waals surface area (Å²) in [6.45, 7) is 8.98. The SMILES string of the molecule is CC(C)N1CCN(Cc2c[nH]c3ccccc23)C[C@H]1CCO. The smallest absolute Gasteiger partial charge is 0.0457 e. The topological polar surface area (TPSA) is 42.5 Å². The maximum Gasteiger partial charge on any atom is 0.0457 e. The molecule has 2 heterocycles. The van der Waals surface area contributed by atoms with Gasteiger partial charge in [0, 0.05) is 62.0 Å². The lowest BCUT2D eigenvalue weighted by molar-refractivity contribution is 0.0351. The number of hydrogen-bond acceptors (Lipinski definition) is 3. The van der Waals surface area contributed by atoms with Crippen LogP contribution in [0.15, 0.2) is 30.5 Å². The third kappa shape index (κ3) is 3.19. The average molecular weight is 301 g/mol. The lowest BCUT2D eigenvalue weighted by Crippen LogP contribution is -2.55. The fourth-order valence-electron chi connectivity index (χ4n) is 3.67. The normalized spacial score (nSPS) is 21.0. The highest BCUT2D eigenvalue weighted by molar-refractivity contribution is 5.82. The minimum absolute atomic E-state index is 0.273. The number of nitrogens with zero attached hydrogens (tertiary/aromatic N) is 2. The van der Waals surface area contributed by atoms with Gasteiger partial charge in [0.1, 0.15) is 0 Å². The Hall–Kier alpha value is -1.36. The van der Waals surface area contributed by atoms with Crippen molar-refractivity contribution in [2.24, 2.45) is 0 Å². The van der Waals surface area contributed by atoms with Crippen molar-refractivity contribution >= 4 is 10.9 Å². The van der Waals surface area contributed by atoms with E-state index in [1.165, 1.54) is 16.5 Å². The summed E-state index contributed by atoms with van der Waals surface area (Å²) in [5, 5.41) is 10.7. The molecule has 0 bridgehead atoms. The van der Waals surface area contributed by atoms with Gasteiger partial charge in [0.2, 0.25) is 0 Å². The number of rotatable bonds is 5. The van der Waals surface area contributed by atoms with E-state index in [4.69, 9.17) is 0 Å². The van der Waals surface area contributed by atoms with Crippen LogP contribution in [0.4, 0.5) is 0 Å². The number of piperazine rings is 1. The maximum atomic E-state index is 9.35. The molecule has 22 heavy (non-hydrogen) atoms. The van der Waals surface area contributed by atoms with Gasteiger partial charge < -0.3 is 10.1 Å². The molecule has 0 aliphatic carbocycles. The van der Waals surface area contributed by atoms with Gasteiger partial charge in [0.25, 0.3) is 0 Å². The first-order valence-corrected chi connectivity index (χ1v) is 8.33. The van der Waals surface area contributed by atoms with Gasteiger partial charge in [-0.15, -0.1) is 0 Å². The van der Waals surface area contributed by atoms with Crippen LogP contribution in [-0.2, 0) is 6.54 Å². The second-order valence-electron chi connectivity index (χ2n) is 6.59. The van der Waals surface area contributed by atoms with Crippen molar-refractivity contribution in [2.45, 2.75) is 38.9 Å². The van der Waals surface area contributed by atoms with E-state index in [0.717, 1.165) is 32.6 Å². The van der Waals surface area contributed by atoms with Crippen LogP contribution in [0.1, 0.15) is 25.8 Å². The Morgan fingerprint density at radius 2 is 2.09 bits per heavy atom. The fourth-order valence-corrected chi connectivity index (χ4v) is 3.67. The van der Waals surface area contributed by atoms with Crippen molar-refractivity contribution in [3.8, 4) is 0 Å². The van der Waals surface area contributed by atoms with Crippen LogP contribution in [-0.4, -0.2) is 58.2 Å². The van der Waals surface area contributed by atoms with Gasteiger partial charge in [-0.3, -0.25) is 9.80 Å². The van der Waals surface area contributed by atoms with Gasteiger partial charge in [-0.05, 0) is 31.9 Å². The molecule has 0 unspecified atom stereocenters. The molecule has 0 saturated carbocycles. The summed E-state index contributed by atoms with van der Waals surface area (Å²) >= 11 is 0. The highest BCUT2D eigenvalue weighted by Crippen LogP contribution is 2.22. The Kier molecular flexibility index (Phi) is 4.81. The molecule has 1 aromatic heterocycles. The van der Waals surface area contributed by atoms with Crippen LogP contribution < -0.4 is 0 Å². The zero-order valence-corrected chi connectivity index (χ0v) is 13.6. The number of H-pyrrole nitrogens is 1. The number of aromatic nitrogens is 1. The summed E-state index contributed by atoms with van der Waals surface area (Å²) in [6, 6.07) is 9.50. The van der Waals surface area contributed by atoms with E-state index in [2.05, 4.69) is 59.1 Å². The van der Waals surface area contributed by atoms with Gasteiger partial charge in [-0.1, -0.05) is 18.2 Å². The molecule has 1 atom stereocenters. The number of para-hydroxylation sites is 1. The number of benzene rings is 1. The zero-order chi connectivity index (χ0) is 15.5. The van der Waals surface area contributed by atoms with Crippen molar-refractivity contribution in [3.63, 3.8) is 0 Å². The lowest BCUT2D eigenvalue weighted by Gasteiger charge is -2.43. The van der Waals surface area contributed by atoms with Crippen molar-refractivity contribution in [2.75, 3.05) is 26.2 Å². The van der Waals surface area contributed by atoms with Crippen LogP contribution in [0, 0.1) is 0 Å². The molecule has 0 spiro atoms. The van der Waals surface area contributed by atoms with E-state index in [9.17, 15) is 5.11 Å². The van der Waals surface area contributed by atoms with Crippen molar-refractivity contribution < 1.29 is 5.11 Å². The molecule has 1 aliphatic rings. The van der Waals surface area contributed by atoms with Crippen LogP contribution in [0.5, 0.6) is 0 Å². The third-order valence-electron chi connectivity index (χ3n) is 4.81. The Morgan fingerprint density at radius 1 is 1.27 bits per heavy atom. The minimum Gasteiger partial charge on any atom is -0.396 e. The molecule has 2 N–H and O–H groups in total. The average Bonchev–Trinajstić information content (AvgIpc) is 2.91. The van der Waals surface area contributed by atoms with E-state index in [1.807, 2.05) is 0 Å². The second kappa shape index (κ2) is 6.82. The van der Waals surface area contributed by atoms with Crippen molar-refractivity contribution in [3.05, 3.63) is 36.0 Å². The standard InChI is InChI=1S/C18H27N3O/c1-14(2)21-9-8-20(13-16(21)7-10-22)12-15-11-19-18-6-4-3-5-17(15)18/h3-6,11,14,16,19,22H,7-10,12-13H2,1-2H3/t16-/m1/s1. The number of aliphatic hydroxyl groups excluding tert-OH is 1. The molecule has 4 nitrogen and oxygen atoms in total. The first kappa shape index (κ1) is 15.5. The number of hydrogen-bond donors (Lipinski definition) is 2. The Bertz CT molecular complexity index is 607. The first-order valence-electron chi connectivity index (χ1n) is 8.33. The van der Waals surface area contributed by atoms with E-state index in [1.54, 1.807) is 0 Å². The largest absolute Gasteiger partial charge is 0.396 e. The van der Waals surface area contributed by atoms with Crippen LogP contribution in [0.25, 0.3) is 10.9 Å². The first-order chi connectivity index (χ1) is 10.7. The molecule has 1 aromatic carbocycles. The number of fused-ring (bicyclic) bond motifs is 1. The Morgan fingerprint density at radius 3 is 2.86 bits per heavy atom. The summed E-state index contributed by atoms with van der Waals surface area (Å²) in [4.78, 5) is 8.42. The molecule has 3 rings (SSSR count). The summed E-state index contributed by atoms with van der Waals surface area (Å²) < 4.78 is 0. The van der Waals surface area contributed by atoms with Crippen LogP contribution in [0.3, 0.4) is 0 Å². The number of aromatic amines is 1. The van der Waals surface area contributed by atoms with Gasteiger partial charge in [0.15, 0.2) is 0 Å². The van der Waals surface area contributed by atoms with Gasteiger partial charge >= 0.3 is 0 Å². The molecule has 1 saturated heterocycles. The number of nitrogens with one attached hydrogen (secondary N) is 1. The minimum atomic E-state index is 0.273. The molecule has 2 aromatic rings. The van der Waals surface area contributed by atoms with E-state index in [0.29, 0.717) is 12.1 Å². The highest BCUT2D eigenvalue weighted by Gasteiger charge is 2.28. The van der Waals surface area contributed by atoms with E-state index in [-0.39, 0.29) is 6.61 Å². The molecule has 0 amide bonds. The predicted molar refractivity (Wildman–Crippen MR) is 90.9 cm³/mol.